The van der Waals surface area contributed by atoms with Gasteiger partial charge in [0.15, 0.2) is 0 Å². The van der Waals surface area contributed by atoms with Crippen LogP contribution in [0.5, 0.6) is 0 Å². The Bertz CT molecular complexity index is 854. The third-order valence-corrected chi connectivity index (χ3v) is 6.48. The maximum Gasteiger partial charge on any atom is 0.256 e. The molecule has 1 aliphatic carbocycles. The molecule has 0 radical (unpaired) electrons. The topological polar surface area (TPSA) is 72.2 Å². The zero-order chi connectivity index (χ0) is 18.8. The third-order valence-electron chi connectivity index (χ3n) is 5.31. The van der Waals surface area contributed by atoms with Crippen molar-refractivity contribution in [3.05, 3.63) is 50.9 Å². The van der Waals surface area contributed by atoms with E-state index in [1.54, 1.807) is 0 Å². The third kappa shape index (κ3) is 3.68. The number of amides is 2. The number of aryl methyl sites for hydroxylation is 2. The van der Waals surface area contributed by atoms with Gasteiger partial charge in [-0.25, -0.2) is 0 Å². The first-order chi connectivity index (χ1) is 12.4. The number of anilines is 1. The highest BCUT2D eigenvalue weighted by Crippen LogP contribution is 2.40. The summed E-state index contributed by atoms with van der Waals surface area (Å²) in [5, 5.41) is 3.54. The molecule has 138 valence electrons. The fourth-order valence-electron chi connectivity index (χ4n) is 3.72. The SMILES string of the molecule is CCCC1CCc2c(sc(NC(=O)c3ccc(C)c(C)c3)c2C(N)=O)C1. The minimum Gasteiger partial charge on any atom is -0.365 e. The van der Waals surface area contributed by atoms with Crippen molar-refractivity contribution in [3.8, 4) is 0 Å². The number of carbonyl (C=O) groups is 2. The number of thiophene rings is 1. The van der Waals surface area contributed by atoms with Gasteiger partial charge in [-0.2, -0.15) is 0 Å². The van der Waals surface area contributed by atoms with Crippen molar-refractivity contribution < 1.29 is 9.59 Å². The highest BCUT2D eigenvalue weighted by molar-refractivity contribution is 7.17. The van der Waals surface area contributed by atoms with Crippen LogP contribution < -0.4 is 11.1 Å². The minimum absolute atomic E-state index is 0.195. The van der Waals surface area contributed by atoms with Crippen LogP contribution in [-0.2, 0) is 12.8 Å². The summed E-state index contributed by atoms with van der Waals surface area (Å²) in [6.07, 6.45) is 5.31. The summed E-state index contributed by atoms with van der Waals surface area (Å²) in [5.41, 5.74) is 10.0. The van der Waals surface area contributed by atoms with Gasteiger partial charge < -0.3 is 11.1 Å². The molecule has 0 spiro atoms. The Morgan fingerprint density at radius 2 is 2.04 bits per heavy atom. The number of primary amides is 1. The largest absolute Gasteiger partial charge is 0.365 e. The minimum atomic E-state index is -0.452. The molecule has 3 N–H and O–H groups in total. The molecule has 0 bridgehead atoms. The van der Waals surface area contributed by atoms with Crippen molar-refractivity contribution in [2.24, 2.45) is 11.7 Å². The van der Waals surface area contributed by atoms with Crippen LogP contribution in [0.25, 0.3) is 0 Å². The molecule has 0 fully saturated rings. The lowest BCUT2D eigenvalue weighted by Gasteiger charge is -2.21. The van der Waals surface area contributed by atoms with E-state index in [-0.39, 0.29) is 5.91 Å². The van der Waals surface area contributed by atoms with Crippen molar-refractivity contribution in [1.82, 2.24) is 0 Å². The molecule has 0 saturated heterocycles. The lowest BCUT2D eigenvalue weighted by atomic mass is 9.84. The molecule has 1 atom stereocenters. The first-order valence-corrected chi connectivity index (χ1v) is 10.0. The molecule has 5 heteroatoms. The normalized spacial score (nSPS) is 16.2. The quantitative estimate of drug-likeness (QED) is 0.806. The maximum atomic E-state index is 12.7. The molecule has 1 aromatic heterocycles. The molecular weight excluding hydrogens is 344 g/mol. The molecule has 2 amide bonds. The fourth-order valence-corrected chi connectivity index (χ4v) is 5.08. The van der Waals surface area contributed by atoms with Gasteiger partial charge in [-0.3, -0.25) is 9.59 Å². The number of hydrogen-bond acceptors (Lipinski definition) is 3. The lowest BCUT2D eigenvalue weighted by Crippen LogP contribution is -2.20. The van der Waals surface area contributed by atoms with E-state index in [1.165, 1.54) is 29.1 Å². The summed E-state index contributed by atoms with van der Waals surface area (Å²) in [4.78, 5) is 25.9. The summed E-state index contributed by atoms with van der Waals surface area (Å²) in [7, 11) is 0. The molecule has 1 aliphatic rings. The first-order valence-electron chi connectivity index (χ1n) is 9.23. The van der Waals surface area contributed by atoms with Crippen molar-refractivity contribution in [2.45, 2.75) is 52.9 Å². The van der Waals surface area contributed by atoms with E-state index in [4.69, 9.17) is 5.73 Å². The summed E-state index contributed by atoms with van der Waals surface area (Å²) in [6, 6.07) is 5.62. The summed E-state index contributed by atoms with van der Waals surface area (Å²) in [5.74, 6) is 0.0151. The zero-order valence-corrected chi connectivity index (χ0v) is 16.5. The second-order valence-electron chi connectivity index (χ2n) is 7.22. The van der Waals surface area contributed by atoms with Crippen LogP contribution in [0, 0.1) is 19.8 Å². The number of fused-ring (bicyclic) bond motifs is 1. The Balaban J connectivity index is 1.89. The molecule has 1 heterocycles. The van der Waals surface area contributed by atoms with Crippen LogP contribution >= 0.6 is 11.3 Å². The van der Waals surface area contributed by atoms with Crippen molar-refractivity contribution >= 4 is 28.2 Å². The van der Waals surface area contributed by atoms with E-state index >= 15 is 0 Å². The Hall–Kier alpha value is -2.14. The standard InChI is InChI=1S/C21H26N2O2S/c1-4-5-14-7-9-16-17(11-14)26-21(18(16)19(22)24)23-20(25)15-8-6-12(2)13(3)10-15/h6,8,10,14H,4-5,7,9,11H2,1-3H3,(H2,22,24)(H,23,25). The highest BCUT2D eigenvalue weighted by atomic mass is 32.1. The molecular formula is C21H26N2O2S. The van der Waals surface area contributed by atoms with Crippen molar-refractivity contribution in [2.75, 3.05) is 5.32 Å². The van der Waals surface area contributed by atoms with Gasteiger partial charge in [0, 0.05) is 10.4 Å². The van der Waals surface area contributed by atoms with Gasteiger partial charge in [0.05, 0.1) is 5.56 Å². The number of carbonyl (C=O) groups excluding carboxylic acids is 2. The second-order valence-corrected chi connectivity index (χ2v) is 8.33. The van der Waals surface area contributed by atoms with Gasteiger partial charge in [-0.1, -0.05) is 25.8 Å². The summed E-state index contributed by atoms with van der Waals surface area (Å²) in [6.45, 7) is 6.20. The number of rotatable bonds is 5. The lowest BCUT2D eigenvalue weighted by molar-refractivity contribution is 0.1000. The van der Waals surface area contributed by atoms with Gasteiger partial charge >= 0.3 is 0 Å². The predicted molar refractivity (Wildman–Crippen MR) is 107 cm³/mol. The highest BCUT2D eigenvalue weighted by Gasteiger charge is 2.28. The monoisotopic (exact) mass is 370 g/mol. The Morgan fingerprint density at radius 3 is 2.69 bits per heavy atom. The summed E-state index contributed by atoms with van der Waals surface area (Å²) >= 11 is 1.52. The van der Waals surface area contributed by atoms with Crippen LogP contribution in [-0.4, -0.2) is 11.8 Å². The first kappa shape index (κ1) is 18.6. The second kappa shape index (κ2) is 7.62. The van der Waals surface area contributed by atoms with E-state index in [0.717, 1.165) is 36.0 Å². The van der Waals surface area contributed by atoms with Gasteiger partial charge in [0.25, 0.3) is 11.8 Å². The van der Waals surface area contributed by atoms with E-state index < -0.39 is 5.91 Å². The number of benzene rings is 1. The van der Waals surface area contributed by atoms with E-state index in [1.807, 2.05) is 32.0 Å². The van der Waals surface area contributed by atoms with Crippen LogP contribution in [0.1, 0.15) is 68.5 Å². The average Bonchev–Trinajstić information content (AvgIpc) is 2.94. The van der Waals surface area contributed by atoms with Crippen LogP contribution in [0.3, 0.4) is 0 Å². The molecule has 3 rings (SSSR count). The zero-order valence-electron chi connectivity index (χ0n) is 15.6. The molecule has 26 heavy (non-hydrogen) atoms. The molecule has 1 unspecified atom stereocenters. The van der Waals surface area contributed by atoms with Crippen molar-refractivity contribution in [3.63, 3.8) is 0 Å². The predicted octanol–water partition coefficient (Wildman–Crippen LogP) is 4.62. The van der Waals surface area contributed by atoms with Crippen molar-refractivity contribution in [1.29, 1.82) is 0 Å². The smallest absolute Gasteiger partial charge is 0.256 e. The maximum absolute atomic E-state index is 12.7. The number of nitrogens with one attached hydrogen (secondary N) is 1. The number of nitrogens with two attached hydrogens (primary N) is 1. The van der Waals surface area contributed by atoms with E-state index in [0.29, 0.717) is 22.0 Å². The van der Waals surface area contributed by atoms with Gasteiger partial charge in [-0.05, 0) is 67.9 Å². The van der Waals surface area contributed by atoms with Crippen LogP contribution in [0.15, 0.2) is 18.2 Å². The Labute approximate surface area is 158 Å². The Kier molecular flexibility index (Phi) is 5.47. The molecule has 1 aromatic carbocycles. The van der Waals surface area contributed by atoms with Crippen LogP contribution in [0.4, 0.5) is 5.00 Å². The van der Waals surface area contributed by atoms with Crippen LogP contribution in [0.2, 0.25) is 0 Å². The van der Waals surface area contributed by atoms with Gasteiger partial charge in [0.2, 0.25) is 0 Å². The fraction of sp³-hybridized carbons (Fsp3) is 0.429. The average molecular weight is 371 g/mol. The summed E-state index contributed by atoms with van der Waals surface area (Å²) < 4.78 is 0. The van der Waals surface area contributed by atoms with Gasteiger partial charge in [0.1, 0.15) is 5.00 Å². The van der Waals surface area contributed by atoms with E-state index in [2.05, 4.69) is 12.2 Å². The molecule has 0 aliphatic heterocycles. The molecule has 2 aromatic rings. The van der Waals surface area contributed by atoms with E-state index in [9.17, 15) is 9.59 Å². The van der Waals surface area contributed by atoms with Gasteiger partial charge in [-0.15, -0.1) is 11.3 Å². The Morgan fingerprint density at radius 1 is 1.27 bits per heavy atom. The molecule has 4 nitrogen and oxygen atoms in total. The molecule has 0 saturated carbocycles. The number of hydrogen-bond donors (Lipinski definition) is 2.